The Labute approximate surface area is 117 Å². The van der Waals surface area contributed by atoms with Gasteiger partial charge in [-0.25, -0.2) is 8.42 Å². The summed E-state index contributed by atoms with van der Waals surface area (Å²) in [6.07, 6.45) is 0.616. The molecule has 2 N–H and O–H groups in total. The van der Waals surface area contributed by atoms with E-state index in [9.17, 15) is 13.2 Å². The van der Waals surface area contributed by atoms with Crippen LogP contribution in [0, 0.1) is 6.92 Å². The first-order valence-corrected chi connectivity index (χ1v) is 8.26. The Balaban J connectivity index is 1.70. The molecule has 1 aromatic rings. The van der Waals surface area contributed by atoms with Gasteiger partial charge in [-0.15, -0.1) is 0 Å². The van der Waals surface area contributed by atoms with Gasteiger partial charge in [-0.2, -0.15) is 4.98 Å². The first-order valence-electron chi connectivity index (χ1n) is 6.44. The van der Waals surface area contributed by atoms with Crippen molar-refractivity contribution in [2.75, 3.05) is 24.6 Å². The second kappa shape index (κ2) is 6.31. The third-order valence-corrected chi connectivity index (χ3v) is 4.70. The van der Waals surface area contributed by atoms with Crippen LogP contribution in [-0.4, -0.2) is 55.1 Å². The number of rotatable bonds is 5. The van der Waals surface area contributed by atoms with E-state index < -0.39 is 9.84 Å². The average Bonchev–Trinajstić information content (AvgIpc) is 2.73. The van der Waals surface area contributed by atoms with Gasteiger partial charge in [0.2, 0.25) is 11.8 Å². The minimum atomic E-state index is -3.01. The number of nitrogens with zero attached hydrogens (tertiary/aromatic N) is 2. The zero-order chi connectivity index (χ0) is 14.6. The molecule has 1 unspecified atom stereocenters. The van der Waals surface area contributed by atoms with Gasteiger partial charge in [0.1, 0.15) is 0 Å². The van der Waals surface area contributed by atoms with Crippen LogP contribution >= 0.6 is 0 Å². The van der Waals surface area contributed by atoms with Crippen molar-refractivity contribution in [1.29, 1.82) is 0 Å². The van der Waals surface area contributed by atoms with E-state index in [-0.39, 0.29) is 29.9 Å². The summed E-state index contributed by atoms with van der Waals surface area (Å²) < 4.78 is 27.8. The van der Waals surface area contributed by atoms with Gasteiger partial charge in [0.25, 0.3) is 0 Å². The van der Waals surface area contributed by atoms with Crippen LogP contribution in [0.1, 0.15) is 18.1 Å². The van der Waals surface area contributed by atoms with Gasteiger partial charge in [-0.05, 0) is 6.92 Å². The van der Waals surface area contributed by atoms with Crippen molar-refractivity contribution < 1.29 is 17.7 Å². The summed E-state index contributed by atoms with van der Waals surface area (Å²) in [6, 6.07) is -0.306. The molecule has 20 heavy (non-hydrogen) atoms. The Kier molecular flexibility index (Phi) is 4.71. The number of amides is 1. The molecule has 1 aromatic heterocycles. The lowest BCUT2D eigenvalue weighted by Gasteiger charge is -2.23. The van der Waals surface area contributed by atoms with Crippen molar-refractivity contribution in [2.45, 2.75) is 25.8 Å². The molecule has 0 aromatic carbocycles. The van der Waals surface area contributed by atoms with Crippen molar-refractivity contribution >= 4 is 15.7 Å². The highest BCUT2D eigenvalue weighted by molar-refractivity contribution is 7.91. The standard InChI is InChI=1S/C11H18N4O4S/c1-8-14-11(19-15-8)2-3-13-10(16)6-9-7-20(17,18)5-4-12-9/h9,12H,2-7H2,1H3,(H,13,16). The molecule has 2 heterocycles. The van der Waals surface area contributed by atoms with Crippen LogP contribution in [-0.2, 0) is 21.1 Å². The number of nitrogens with one attached hydrogen (secondary N) is 2. The van der Waals surface area contributed by atoms with Gasteiger partial charge in [0.05, 0.1) is 11.5 Å². The average molecular weight is 302 g/mol. The molecule has 1 aliphatic heterocycles. The Bertz CT molecular complexity index is 569. The molecule has 0 radical (unpaired) electrons. The third kappa shape index (κ3) is 4.57. The van der Waals surface area contributed by atoms with E-state index in [0.717, 1.165) is 0 Å². The Morgan fingerprint density at radius 1 is 1.55 bits per heavy atom. The molecule has 0 saturated carbocycles. The van der Waals surface area contributed by atoms with E-state index in [1.807, 2.05) is 0 Å². The monoisotopic (exact) mass is 302 g/mol. The first-order chi connectivity index (χ1) is 9.44. The predicted molar refractivity (Wildman–Crippen MR) is 70.8 cm³/mol. The SMILES string of the molecule is Cc1noc(CCNC(=O)CC2CS(=O)(=O)CCN2)n1. The number of aryl methyl sites for hydroxylation is 1. The largest absolute Gasteiger partial charge is 0.356 e. The lowest BCUT2D eigenvalue weighted by molar-refractivity contribution is -0.121. The summed E-state index contributed by atoms with van der Waals surface area (Å²) in [5.74, 6) is 1.00. The molecule has 1 atom stereocenters. The van der Waals surface area contributed by atoms with Crippen LogP contribution < -0.4 is 10.6 Å². The smallest absolute Gasteiger partial charge is 0.228 e. The molecule has 1 amide bonds. The fraction of sp³-hybridized carbons (Fsp3) is 0.727. The summed E-state index contributed by atoms with van der Waals surface area (Å²) in [4.78, 5) is 15.7. The van der Waals surface area contributed by atoms with E-state index >= 15 is 0 Å². The Morgan fingerprint density at radius 2 is 2.35 bits per heavy atom. The second-order valence-corrected chi connectivity index (χ2v) is 7.03. The Hall–Kier alpha value is -1.48. The minimum absolute atomic E-state index is 0.0171. The molecule has 8 nitrogen and oxygen atoms in total. The van der Waals surface area contributed by atoms with E-state index in [1.54, 1.807) is 6.92 Å². The van der Waals surface area contributed by atoms with Gasteiger partial charge in [-0.1, -0.05) is 5.16 Å². The number of hydrogen-bond donors (Lipinski definition) is 2. The molecule has 112 valence electrons. The highest BCUT2D eigenvalue weighted by atomic mass is 32.2. The molecule has 1 fully saturated rings. The van der Waals surface area contributed by atoms with Gasteiger partial charge in [0, 0.05) is 32.0 Å². The molecular formula is C11H18N4O4S. The second-order valence-electron chi connectivity index (χ2n) is 4.80. The third-order valence-electron chi connectivity index (χ3n) is 2.96. The van der Waals surface area contributed by atoms with Crippen molar-refractivity contribution in [3.8, 4) is 0 Å². The summed E-state index contributed by atoms with van der Waals surface area (Å²) >= 11 is 0. The Morgan fingerprint density at radius 3 is 3.00 bits per heavy atom. The maximum atomic E-state index is 11.7. The molecule has 2 rings (SSSR count). The lowest BCUT2D eigenvalue weighted by atomic mass is 10.2. The number of aromatic nitrogens is 2. The predicted octanol–water partition coefficient (Wildman–Crippen LogP) is -1.19. The van der Waals surface area contributed by atoms with Crippen LogP contribution in [0.25, 0.3) is 0 Å². The van der Waals surface area contributed by atoms with Crippen molar-refractivity contribution in [2.24, 2.45) is 0 Å². The van der Waals surface area contributed by atoms with Crippen molar-refractivity contribution in [3.05, 3.63) is 11.7 Å². The molecule has 0 aliphatic carbocycles. The maximum absolute atomic E-state index is 11.7. The fourth-order valence-corrected chi connectivity index (χ4v) is 3.49. The minimum Gasteiger partial charge on any atom is -0.356 e. The number of carbonyl (C=O) groups excluding carboxylic acids is 1. The van der Waals surface area contributed by atoms with Gasteiger partial charge < -0.3 is 15.2 Å². The van der Waals surface area contributed by atoms with Gasteiger partial charge in [0.15, 0.2) is 15.7 Å². The fourth-order valence-electron chi connectivity index (χ4n) is 2.04. The number of hydrogen-bond acceptors (Lipinski definition) is 7. The van der Waals surface area contributed by atoms with Crippen LogP contribution in [0.2, 0.25) is 0 Å². The van der Waals surface area contributed by atoms with E-state index in [2.05, 4.69) is 20.8 Å². The molecule has 0 bridgehead atoms. The maximum Gasteiger partial charge on any atom is 0.228 e. The summed E-state index contributed by atoms with van der Waals surface area (Å²) in [5, 5.41) is 9.40. The molecule has 0 spiro atoms. The van der Waals surface area contributed by atoms with E-state index in [0.29, 0.717) is 31.2 Å². The lowest BCUT2D eigenvalue weighted by Crippen LogP contribution is -2.47. The van der Waals surface area contributed by atoms with E-state index in [1.165, 1.54) is 0 Å². The van der Waals surface area contributed by atoms with Crippen molar-refractivity contribution in [1.82, 2.24) is 20.8 Å². The van der Waals surface area contributed by atoms with E-state index in [4.69, 9.17) is 4.52 Å². The highest BCUT2D eigenvalue weighted by Gasteiger charge is 2.25. The topological polar surface area (TPSA) is 114 Å². The quantitative estimate of drug-likeness (QED) is 0.703. The molecule has 1 saturated heterocycles. The number of sulfone groups is 1. The van der Waals surface area contributed by atoms with Crippen molar-refractivity contribution in [3.63, 3.8) is 0 Å². The van der Waals surface area contributed by atoms with Crippen LogP contribution in [0.4, 0.5) is 0 Å². The summed E-state index contributed by atoms with van der Waals surface area (Å²) in [7, 11) is -3.01. The highest BCUT2D eigenvalue weighted by Crippen LogP contribution is 2.04. The summed E-state index contributed by atoms with van der Waals surface area (Å²) in [5.41, 5.74) is 0. The van der Waals surface area contributed by atoms with Gasteiger partial charge in [-0.3, -0.25) is 4.79 Å². The zero-order valence-corrected chi connectivity index (χ0v) is 12.1. The molecule has 1 aliphatic rings. The van der Waals surface area contributed by atoms with Gasteiger partial charge >= 0.3 is 0 Å². The number of carbonyl (C=O) groups is 1. The van der Waals surface area contributed by atoms with Crippen LogP contribution in [0.3, 0.4) is 0 Å². The zero-order valence-electron chi connectivity index (χ0n) is 11.3. The van der Waals surface area contributed by atoms with Crippen LogP contribution in [0.5, 0.6) is 0 Å². The summed E-state index contributed by atoms with van der Waals surface area (Å²) in [6.45, 7) is 2.52. The first kappa shape index (κ1) is 14.9. The molecular weight excluding hydrogens is 284 g/mol. The molecule has 9 heteroatoms. The van der Waals surface area contributed by atoms with Crippen LogP contribution in [0.15, 0.2) is 4.52 Å². The normalized spacial score (nSPS) is 21.6.